The maximum Gasteiger partial charge on any atom is 0.320 e. The summed E-state index contributed by atoms with van der Waals surface area (Å²) >= 11 is 0. The van der Waals surface area contributed by atoms with E-state index in [0.29, 0.717) is 10.5 Å². The fraction of sp³-hybridized carbons (Fsp3) is 0.529. The molecule has 1 aliphatic rings. The highest BCUT2D eigenvalue weighted by Gasteiger charge is 2.31. The van der Waals surface area contributed by atoms with E-state index >= 15 is 0 Å². The maximum absolute atomic E-state index is 12.9. The zero-order valence-electron chi connectivity index (χ0n) is 15.0. The zero-order chi connectivity index (χ0) is 19.5. The summed E-state index contributed by atoms with van der Waals surface area (Å²) < 4.78 is 27.1. The number of hydrogen-bond donors (Lipinski definition) is 2. The van der Waals surface area contributed by atoms with Gasteiger partial charge in [0, 0.05) is 32.6 Å². The summed E-state index contributed by atoms with van der Waals surface area (Å²) in [6, 6.07) is 4.25. The van der Waals surface area contributed by atoms with Gasteiger partial charge in [-0.25, -0.2) is 8.42 Å². The van der Waals surface area contributed by atoms with Gasteiger partial charge in [0.15, 0.2) is 0 Å². The van der Waals surface area contributed by atoms with Gasteiger partial charge in [-0.05, 0) is 37.5 Å². The van der Waals surface area contributed by atoms with Crippen molar-refractivity contribution in [2.24, 2.45) is 5.73 Å². The lowest BCUT2D eigenvalue weighted by atomic mass is 10.1. The van der Waals surface area contributed by atoms with Gasteiger partial charge in [-0.15, -0.1) is 0 Å². The highest BCUT2D eigenvalue weighted by atomic mass is 32.2. The SMILES string of the molecule is Cc1ccc(C)c(S(=O)(=O)N2CCN(C(=O)CC[C@H](N)C(=O)O)CC2)c1. The lowest BCUT2D eigenvalue weighted by Gasteiger charge is -2.34. The van der Waals surface area contributed by atoms with Crippen molar-refractivity contribution in [2.45, 2.75) is 37.6 Å². The van der Waals surface area contributed by atoms with Crippen LogP contribution < -0.4 is 5.73 Å². The fourth-order valence-electron chi connectivity index (χ4n) is 2.86. The average Bonchev–Trinajstić information content (AvgIpc) is 2.61. The molecule has 0 saturated carbocycles. The number of carboxylic acids is 1. The van der Waals surface area contributed by atoms with Gasteiger partial charge in [-0.3, -0.25) is 9.59 Å². The largest absolute Gasteiger partial charge is 0.480 e. The van der Waals surface area contributed by atoms with E-state index in [1.807, 2.05) is 13.0 Å². The monoisotopic (exact) mass is 383 g/mol. The Morgan fingerprint density at radius 2 is 1.81 bits per heavy atom. The number of hydrogen-bond acceptors (Lipinski definition) is 5. The topological polar surface area (TPSA) is 121 Å². The number of sulfonamides is 1. The first-order valence-electron chi connectivity index (χ1n) is 8.46. The van der Waals surface area contributed by atoms with E-state index < -0.39 is 22.0 Å². The number of aliphatic carboxylic acids is 1. The van der Waals surface area contributed by atoms with Crippen molar-refractivity contribution in [1.29, 1.82) is 0 Å². The van der Waals surface area contributed by atoms with Gasteiger partial charge in [-0.1, -0.05) is 12.1 Å². The fourth-order valence-corrected chi connectivity index (χ4v) is 4.59. The van der Waals surface area contributed by atoms with Gasteiger partial charge in [-0.2, -0.15) is 4.31 Å². The van der Waals surface area contributed by atoms with Crippen molar-refractivity contribution in [3.63, 3.8) is 0 Å². The van der Waals surface area contributed by atoms with Crippen molar-refractivity contribution >= 4 is 21.9 Å². The molecule has 1 saturated heterocycles. The van der Waals surface area contributed by atoms with Gasteiger partial charge in [0.05, 0.1) is 4.90 Å². The Bertz CT molecular complexity index is 786. The third kappa shape index (κ3) is 4.60. The van der Waals surface area contributed by atoms with Crippen molar-refractivity contribution < 1.29 is 23.1 Å². The van der Waals surface area contributed by atoms with Crippen LogP contribution in [-0.4, -0.2) is 66.8 Å². The van der Waals surface area contributed by atoms with Gasteiger partial charge >= 0.3 is 5.97 Å². The van der Waals surface area contributed by atoms with Crippen LogP contribution in [0, 0.1) is 13.8 Å². The Labute approximate surface area is 153 Å². The first-order valence-corrected chi connectivity index (χ1v) is 9.90. The van der Waals surface area contributed by atoms with E-state index in [9.17, 15) is 18.0 Å². The molecule has 0 spiro atoms. The van der Waals surface area contributed by atoms with Crippen LogP contribution in [0.1, 0.15) is 24.0 Å². The molecule has 0 aromatic heterocycles. The van der Waals surface area contributed by atoms with E-state index in [0.717, 1.165) is 5.56 Å². The molecule has 1 aromatic carbocycles. The zero-order valence-corrected chi connectivity index (χ0v) is 15.8. The lowest BCUT2D eigenvalue weighted by Crippen LogP contribution is -2.50. The van der Waals surface area contributed by atoms with E-state index in [4.69, 9.17) is 10.8 Å². The number of aryl methyl sites for hydroxylation is 2. The minimum Gasteiger partial charge on any atom is -0.480 e. The number of piperazine rings is 1. The van der Waals surface area contributed by atoms with Gasteiger partial charge in [0.2, 0.25) is 15.9 Å². The summed E-state index contributed by atoms with van der Waals surface area (Å²) in [5.74, 6) is -1.34. The predicted molar refractivity (Wildman–Crippen MR) is 96.1 cm³/mol. The van der Waals surface area contributed by atoms with E-state index in [2.05, 4.69) is 0 Å². The third-order valence-corrected chi connectivity index (χ3v) is 6.58. The quantitative estimate of drug-likeness (QED) is 0.730. The van der Waals surface area contributed by atoms with Crippen LogP contribution in [0.25, 0.3) is 0 Å². The number of carboxylic acid groups (broad SMARTS) is 1. The van der Waals surface area contributed by atoms with Crippen molar-refractivity contribution in [3.8, 4) is 0 Å². The second-order valence-electron chi connectivity index (χ2n) is 6.54. The molecule has 0 bridgehead atoms. The first-order chi connectivity index (χ1) is 12.1. The molecule has 1 fully saturated rings. The van der Waals surface area contributed by atoms with Gasteiger partial charge in [0.1, 0.15) is 6.04 Å². The maximum atomic E-state index is 12.9. The van der Waals surface area contributed by atoms with Crippen molar-refractivity contribution in [1.82, 2.24) is 9.21 Å². The molecule has 1 aliphatic heterocycles. The molecule has 0 radical (unpaired) electrons. The Balaban J connectivity index is 1.98. The van der Waals surface area contributed by atoms with Crippen LogP contribution in [0.3, 0.4) is 0 Å². The van der Waals surface area contributed by atoms with Crippen LogP contribution in [-0.2, 0) is 19.6 Å². The normalized spacial score (nSPS) is 17.1. The minimum atomic E-state index is -3.60. The van der Waals surface area contributed by atoms with Crippen LogP contribution in [0.5, 0.6) is 0 Å². The van der Waals surface area contributed by atoms with Gasteiger partial charge in [0.25, 0.3) is 0 Å². The number of amides is 1. The second kappa shape index (κ2) is 8.15. The number of nitrogens with two attached hydrogens (primary N) is 1. The summed E-state index contributed by atoms with van der Waals surface area (Å²) in [7, 11) is -3.60. The number of carbonyl (C=O) groups excluding carboxylic acids is 1. The molecule has 0 aliphatic carbocycles. The Morgan fingerprint density at radius 1 is 1.19 bits per heavy atom. The van der Waals surface area contributed by atoms with E-state index in [1.54, 1.807) is 24.0 Å². The lowest BCUT2D eigenvalue weighted by molar-refractivity contribution is -0.139. The summed E-state index contributed by atoms with van der Waals surface area (Å²) in [5, 5.41) is 8.76. The van der Waals surface area contributed by atoms with Crippen LogP contribution >= 0.6 is 0 Å². The van der Waals surface area contributed by atoms with Gasteiger partial charge < -0.3 is 15.7 Å². The van der Waals surface area contributed by atoms with E-state index in [1.165, 1.54) is 4.31 Å². The molecular formula is C17H25N3O5S. The summed E-state index contributed by atoms with van der Waals surface area (Å²) in [4.78, 5) is 24.7. The Kier molecular flexibility index (Phi) is 6.38. The molecule has 8 nitrogen and oxygen atoms in total. The Hall–Kier alpha value is -1.97. The van der Waals surface area contributed by atoms with Crippen LogP contribution in [0.2, 0.25) is 0 Å². The summed E-state index contributed by atoms with van der Waals surface area (Å²) in [5.41, 5.74) is 6.97. The molecule has 1 amide bonds. The molecule has 9 heteroatoms. The minimum absolute atomic E-state index is 0.0389. The second-order valence-corrected chi connectivity index (χ2v) is 8.44. The number of benzene rings is 1. The molecule has 2 rings (SSSR count). The van der Waals surface area contributed by atoms with Crippen molar-refractivity contribution in [2.75, 3.05) is 26.2 Å². The first kappa shape index (κ1) is 20.3. The average molecular weight is 383 g/mol. The smallest absolute Gasteiger partial charge is 0.320 e. The van der Waals surface area contributed by atoms with Crippen LogP contribution in [0.15, 0.2) is 23.1 Å². The molecule has 144 valence electrons. The van der Waals surface area contributed by atoms with Crippen molar-refractivity contribution in [3.05, 3.63) is 29.3 Å². The standard InChI is InChI=1S/C17H25N3O5S/c1-12-3-4-13(2)15(11-12)26(24,25)20-9-7-19(8-10-20)16(21)6-5-14(18)17(22)23/h3-4,11,14H,5-10,18H2,1-2H3,(H,22,23)/t14-/m0/s1. The summed E-state index contributed by atoms with van der Waals surface area (Å²) in [6.45, 7) is 4.60. The molecule has 1 atom stereocenters. The molecule has 26 heavy (non-hydrogen) atoms. The highest BCUT2D eigenvalue weighted by molar-refractivity contribution is 7.89. The highest BCUT2D eigenvalue weighted by Crippen LogP contribution is 2.22. The number of carbonyl (C=O) groups is 2. The molecule has 1 aromatic rings. The molecule has 1 heterocycles. The molecule has 0 unspecified atom stereocenters. The molecule has 3 N–H and O–H groups in total. The molecular weight excluding hydrogens is 358 g/mol. The predicted octanol–water partition coefficient (Wildman–Crippen LogP) is 0.328. The third-order valence-electron chi connectivity index (χ3n) is 4.54. The number of rotatable bonds is 6. The Morgan fingerprint density at radius 3 is 2.38 bits per heavy atom. The number of nitrogens with zero attached hydrogens (tertiary/aromatic N) is 2. The summed E-state index contributed by atoms with van der Waals surface area (Å²) in [6.07, 6.45) is 0.104. The van der Waals surface area contributed by atoms with Crippen LogP contribution in [0.4, 0.5) is 0 Å². The van der Waals surface area contributed by atoms with E-state index in [-0.39, 0.29) is 44.9 Å².